The molecule has 0 bridgehead atoms. The Morgan fingerprint density at radius 2 is 2.10 bits per heavy atom. The van der Waals surface area contributed by atoms with E-state index in [0.717, 1.165) is 37.2 Å². The first-order valence-corrected chi connectivity index (χ1v) is 8.06. The zero-order valence-electron chi connectivity index (χ0n) is 13.1. The fraction of sp³-hybridized carbons (Fsp3) is 0.706. The molecule has 3 nitrogen and oxygen atoms in total. The molecule has 0 aromatic carbocycles. The number of hydrogen-bond donors (Lipinski definition) is 1. The Morgan fingerprint density at radius 1 is 1.30 bits per heavy atom. The molecule has 1 aromatic heterocycles. The van der Waals surface area contributed by atoms with Crippen molar-refractivity contribution in [2.24, 2.45) is 0 Å². The van der Waals surface area contributed by atoms with E-state index in [0.29, 0.717) is 5.92 Å². The average Bonchev–Trinajstić information content (AvgIpc) is 3.25. The van der Waals surface area contributed by atoms with Gasteiger partial charge in [0, 0.05) is 24.3 Å². The van der Waals surface area contributed by atoms with Gasteiger partial charge >= 0.3 is 0 Å². The van der Waals surface area contributed by atoms with Crippen molar-refractivity contribution in [2.45, 2.75) is 71.4 Å². The van der Waals surface area contributed by atoms with Gasteiger partial charge in [-0.05, 0) is 36.8 Å². The molecule has 1 fully saturated rings. The molecule has 0 spiro atoms. The van der Waals surface area contributed by atoms with Gasteiger partial charge in [0.15, 0.2) is 0 Å². The Balaban J connectivity index is 1.96. The lowest BCUT2D eigenvalue weighted by molar-refractivity contribution is 0.293. The second-order valence-corrected chi connectivity index (χ2v) is 6.10. The smallest absolute Gasteiger partial charge is 0.213 e. The summed E-state index contributed by atoms with van der Waals surface area (Å²) in [7, 11) is 0. The number of unbranched alkanes of at least 4 members (excludes halogenated alkanes) is 2. The minimum absolute atomic E-state index is 0.439. The van der Waals surface area contributed by atoms with E-state index < -0.39 is 0 Å². The standard InChI is InChI=1S/C17H28N2O/c1-4-5-6-9-20-17-11-14(12-18-15-7-8-15)10-16(19-17)13(2)3/h10-11,13,15,18H,4-9,12H2,1-3H3. The molecule has 1 N–H and O–H groups in total. The second-order valence-electron chi connectivity index (χ2n) is 6.10. The van der Waals surface area contributed by atoms with Gasteiger partial charge < -0.3 is 10.1 Å². The zero-order valence-corrected chi connectivity index (χ0v) is 13.1. The van der Waals surface area contributed by atoms with E-state index in [1.54, 1.807) is 0 Å². The number of aromatic nitrogens is 1. The quantitative estimate of drug-likeness (QED) is 0.692. The first-order chi connectivity index (χ1) is 9.69. The molecule has 0 aliphatic heterocycles. The summed E-state index contributed by atoms with van der Waals surface area (Å²) >= 11 is 0. The van der Waals surface area contributed by atoms with Crippen LogP contribution in [0.2, 0.25) is 0 Å². The molecular formula is C17H28N2O. The van der Waals surface area contributed by atoms with Gasteiger partial charge in [-0.25, -0.2) is 4.98 Å². The minimum Gasteiger partial charge on any atom is -0.478 e. The fourth-order valence-electron chi connectivity index (χ4n) is 2.13. The van der Waals surface area contributed by atoms with Crippen molar-refractivity contribution >= 4 is 0 Å². The van der Waals surface area contributed by atoms with Gasteiger partial charge in [0.2, 0.25) is 5.88 Å². The first-order valence-electron chi connectivity index (χ1n) is 8.06. The van der Waals surface area contributed by atoms with Crippen molar-refractivity contribution < 1.29 is 4.74 Å². The predicted octanol–water partition coefficient (Wildman–Crippen LogP) is 4.03. The maximum atomic E-state index is 5.82. The van der Waals surface area contributed by atoms with Crippen LogP contribution in [-0.4, -0.2) is 17.6 Å². The van der Waals surface area contributed by atoms with E-state index in [1.165, 1.54) is 31.2 Å². The molecule has 0 saturated heterocycles. The number of ether oxygens (including phenoxy) is 1. The van der Waals surface area contributed by atoms with Crippen LogP contribution in [0, 0.1) is 0 Å². The van der Waals surface area contributed by atoms with Gasteiger partial charge in [-0.2, -0.15) is 0 Å². The molecule has 1 aliphatic carbocycles. The van der Waals surface area contributed by atoms with Crippen molar-refractivity contribution in [3.8, 4) is 5.88 Å². The maximum Gasteiger partial charge on any atom is 0.213 e. The molecule has 20 heavy (non-hydrogen) atoms. The predicted molar refractivity (Wildman–Crippen MR) is 83.2 cm³/mol. The summed E-state index contributed by atoms with van der Waals surface area (Å²) in [4.78, 5) is 4.62. The van der Waals surface area contributed by atoms with Crippen molar-refractivity contribution in [1.82, 2.24) is 10.3 Å². The van der Waals surface area contributed by atoms with E-state index in [4.69, 9.17) is 4.74 Å². The Labute approximate surface area is 123 Å². The lowest BCUT2D eigenvalue weighted by atomic mass is 10.1. The molecule has 112 valence electrons. The van der Waals surface area contributed by atoms with Crippen LogP contribution in [0.3, 0.4) is 0 Å². The summed E-state index contributed by atoms with van der Waals surface area (Å²) in [5.74, 6) is 1.23. The van der Waals surface area contributed by atoms with Crippen LogP contribution < -0.4 is 10.1 Å². The molecular weight excluding hydrogens is 248 g/mol. The Kier molecular flexibility index (Phi) is 5.84. The molecule has 1 heterocycles. The van der Waals surface area contributed by atoms with Crippen molar-refractivity contribution in [2.75, 3.05) is 6.61 Å². The van der Waals surface area contributed by atoms with Crippen LogP contribution in [0.5, 0.6) is 5.88 Å². The third-order valence-electron chi connectivity index (χ3n) is 3.64. The second kappa shape index (κ2) is 7.63. The molecule has 0 unspecified atom stereocenters. The molecule has 0 atom stereocenters. The summed E-state index contributed by atoms with van der Waals surface area (Å²) in [5, 5.41) is 3.56. The summed E-state index contributed by atoms with van der Waals surface area (Å²) < 4.78 is 5.82. The summed E-state index contributed by atoms with van der Waals surface area (Å²) in [6.45, 7) is 8.28. The number of pyridine rings is 1. The Morgan fingerprint density at radius 3 is 2.75 bits per heavy atom. The summed E-state index contributed by atoms with van der Waals surface area (Å²) in [5.41, 5.74) is 2.42. The molecule has 3 heteroatoms. The monoisotopic (exact) mass is 276 g/mol. The SMILES string of the molecule is CCCCCOc1cc(CNC2CC2)cc(C(C)C)n1. The molecule has 2 rings (SSSR count). The van der Waals surface area contributed by atoms with E-state index in [2.05, 4.69) is 43.2 Å². The topological polar surface area (TPSA) is 34.1 Å². The summed E-state index contributed by atoms with van der Waals surface area (Å²) in [6.07, 6.45) is 6.20. The van der Waals surface area contributed by atoms with Crippen molar-refractivity contribution in [3.05, 3.63) is 23.4 Å². The van der Waals surface area contributed by atoms with Crippen LogP contribution in [-0.2, 0) is 6.54 Å². The van der Waals surface area contributed by atoms with Gasteiger partial charge in [0.05, 0.1) is 6.61 Å². The van der Waals surface area contributed by atoms with E-state index >= 15 is 0 Å². The minimum atomic E-state index is 0.439. The zero-order chi connectivity index (χ0) is 14.4. The summed E-state index contributed by atoms with van der Waals surface area (Å²) in [6, 6.07) is 5.03. The van der Waals surface area contributed by atoms with Crippen molar-refractivity contribution in [3.63, 3.8) is 0 Å². The van der Waals surface area contributed by atoms with Gasteiger partial charge in [-0.15, -0.1) is 0 Å². The highest BCUT2D eigenvalue weighted by molar-refractivity contribution is 5.26. The van der Waals surface area contributed by atoms with E-state index in [-0.39, 0.29) is 0 Å². The number of hydrogen-bond acceptors (Lipinski definition) is 3. The lowest BCUT2D eigenvalue weighted by Gasteiger charge is -2.12. The fourth-order valence-corrected chi connectivity index (χ4v) is 2.13. The van der Waals surface area contributed by atoms with Crippen LogP contribution in [0.25, 0.3) is 0 Å². The normalized spacial score (nSPS) is 14.8. The van der Waals surface area contributed by atoms with Crippen LogP contribution in [0.15, 0.2) is 12.1 Å². The first kappa shape index (κ1) is 15.3. The number of nitrogens with one attached hydrogen (secondary N) is 1. The van der Waals surface area contributed by atoms with Crippen molar-refractivity contribution in [1.29, 1.82) is 0 Å². The highest BCUT2D eigenvalue weighted by atomic mass is 16.5. The largest absolute Gasteiger partial charge is 0.478 e. The van der Waals surface area contributed by atoms with Crippen LogP contribution in [0.4, 0.5) is 0 Å². The number of nitrogens with zero attached hydrogens (tertiary/aromatic N) is 1. The Hall–Kier alpha value is -1.09. The highest BCUT2D eigenvalue weighted by Gasteiger charge is 2.20. The maximum absolute atomic E-state index is 5.82. The lowest BCUT2D eigenvalue weighted by Crippen LogP contribution is -2.16. The molecule has 1 saturated carbocycles. The van der Waals surface area contributed by atoms with Gasteiger partial charge in [0.1, 0.15) is 0 Å². The Bertz CT molecular complexity index is 413. The van der Waals surface area contributed by atoms with Crippen LogP contribution in [0.1, 0.15) is 70.1 Å². The third kappa shape index (κ3) is 5.12. The third-order valence-corrected chi connectivity index (χ3v) is 3.64. The highest BCUT2D eigenvalue weighted by Crippen LogP contribution is 2.22. The van der Waals surface area contributed by atoms with E-state index in [1.807, 2.05) is 0 Å². The van der Waals surface area contributed by atoms with Gasteiger partial charge in [-0.3, -0.25) is 0 Å². The number of rotatable bonds is 9. The average molecular weight is 276 g/mol. The molecule has 0 radical (unpaired) electrons. The molecule has 1 aliphatic rings. The molecule has 1 aromatic rings. The molecule has 0 amide bonds. The van der Waals surface area contributed by atoms with Crippen LogP contribution >= 0.6 is 0 Å². The van der Waals surface area contributed by atoms with Gasteiger partial charge in [-0.1, -0.05) is 33.6 Å². The van der Waals surface area contributed by atoms with E-state index in [9.17, 15) is 0 Å². The van der Waals surface area contributed by atoms with Gasteiger partial charge in [0.25, 0.3) is 0 Å².